The van der Waals surface area contributed by atoms with Gasteiger partial charge in [0.15, 0.2) is 11.6 Å². The van der Waals surface area contributed by atoms with Crippen LogP contribution < -0.4 is 10.6 Å². The third kappa shape index (κ3) is 6.55. The van der Waals surface area contributed by atoms with Gasteiger partial charge in [-0.3, -0.25) is 14.5 Å². The monoisotopic (exact) mass is 509 g/mol. The number of rotatable bonds is 6. The predicted molar refractivity (Wildman–Crippen MR) is 138 cm³/mol. The highest BCUT2D eigenvalue weighted by Crippen LogP contribution is 2.30. The summed E-state index contributed by atoms with van der Waals surface area (Å²) in [6.07, 6.45) is 0. The van der Waals surface area contributed by atoms with E-state index in [1.54, 1.807) is 13.0 Å². The molecule has 2 aliphatic heterocycles. The fourth-order valence-corrected chi connectivity index (χ4v) is 4.10. The molecule has 0 radical (unpaired) electrons. The first-order valence-electron chi connectivity index (χ1n) is 12.2. The molecular weight excluding hydrogens is 471 g/mol. The predicted octanol–water partition coefficient (Wildman–Crippen LogP) is 3.86. The van der Waals surface area contributed by atoms with Crippen LogP contribution in [0.25, 0.3) is 0 Å². The van der Waals surface area contributed by atoms with Gasteiger partial charge < -0.3 is 20.4 Å². The van der Waals surface area contributed by atoms with E-state index in [2.05, 4.69) is 20.4 Å². The van der Waals surface area contributed by atoms with Crippen LogP contribution in [-0.4, -0.2) is 85.4 Å². The molecule has 0 aromatic heterocycles. The number of anilines is 2. The minimum atomic E-state index is -1.26. The van der Waals surface area contributed by atoms with Crippen LogP contribution in [0.5, 0.6) is 0 Å². The Morgan fingerprint density at radius 1 is 1.00 bits per heavy atom. The average Bonchev–Trinajstić information content (AvgIpc) is 2.83. The fraction of sp³-hybridized carbons (Fsp3) is 0.462. The Morgan fingerprint density at radius 2 is 1.67 bits per heavy atom. The Bertz CT molecular complexity index is 1090. The highest BCUT2D eigenvalue weighted by Gasteiger charge is 2.34. The number of hydrogen-bond acceptors (Lipinski definition) is 5. The second kappa shape index (κ2) is 12.2. The Labute approximate surface area is 213 Å². The molecule has 7 nitrogen and oxygen atoms in total. The van der Waals surface area contributed by atoms with Gasteiger partial charge in [0, 0.05) is 42.1 Å². The average molecular weight is 510 g/mol. The highest BCUT2D eigenvalue weighted by atomic mass is 19.2. The summed E-state index contributed by atoms with van der Waals surface area (Å²) in [7, 11) is 2.04. The minimum absolute atomic E-state index is 0. The summed E-state index contributed by atoms with van der Waals surface area (Å²) in [5, 5.41) is 5.45. The van der Waals surface area contributed by atoms with Crippen LogP contribution in [0.2, 0.25) is 0 Å². The fourth-order valence-electron chi connectivity index (χ4n) is 4.10. The number of aryl methyl sites for hydroxylation is 1. The van der Waals surface area contributed by atoms with Crippen LogP contribution in [0, 0.1) is 24.4 Å². The summed E-state index contributed by atoms with van der Waals surface area (Å²) in [5.74, 6) is -3.69. The zero-order valence-corrected chi connectivity index (χ0v) is 21.2. The van der Waals surface area contributed by atoms with Gasteiger partial charge >= 0.3 is 0 Å². The first-order chi connectivity index (χ1) is 17.2. The Kier molecular flexibility index (Phi) is 9.33. The van der Waals surface area contributed by atoms with E-state index in [4.69, 9.17) is 0 Å². The van der Waals surface area contributed by atoms with E-state index in [9.17, 15) is 22.8 Å². The van der Waals surface area contributed by atoms with Crippen LogP contribution in [0.15, 0.2) is 30.3 Å². The van der Waals surface area contributed by atoms with Gasteiger partial charge in [-0.1, -0.05) is 19.9 Å². The summed E-state index contributed by atoms with van der Waals surface area (Å²) in [4.78, 5) is 31.1. The van der Waals surface area contributed by atoms with Gasteiger partial charge in [-0.05, 0) is 43.8 Å². The molecule has 2 saturated heterocycles. The molecule has 2 aromatic rings. The van der Waals surface area contributed by atoms with Crippen molar-refractivity contribution in [3.05, 3.63) is 58.9 Å². The van der Waals surface area contributed by atoms with E-state index in [-0.39, 0.29) is 39.1 Å². The molecular formula is C26H38F3N5O2. The van der Waals surface area contributed by atoms with E-state index in [0.717, 1.165) is 32.2 Å². The zero-order chi connectivity index (χ0) is 26.4. The SMILES string of the molecule is CC.Cc1ccc(Nc2c(C(=O)N3CC(NC(=O)CN4CCN(C)CC4)C3)ccc(F)c2F)c(F)c1.[HH].[HH]. The van der Waals surface area contributed by atoms with Gasteiger partial charge in [0.2, 0.25) is 5.91 Å². The molecule has 2 amide bonds. The smallest absolute Gasteiger partial charge is 0.256 e. The molecule has 2 aliphatic rings. The molecule has 200 valence electrons. The normalized spacial score (nSPS) is 16.6. The van der Waals surface area contributed by atoms with E-state index in [1.807, 2.05) is 20.9 Å². The summed E-state index contributed by atoms with van der Waals surface area (Å²) < 4.78 is 42.8. The molecule has 0 saturated carbocycles. The lowest BCUT2D eigenvalue weighted by Gasteiger charge is -2.40. The molecule has 2 N–H and O–H groups in total. The van der Waals surface area contributed by atoms with Gasteiger partial charge in [-0.15, -0.1) is 0 Å². The number of halogens is 3. The van der Waals surface area contributed by atoms with Crippen molar-refractivity contribution >= 4 is 23.2 Å². The van der Waals surface area contributed by atoms with Crippen molar-refractivity contribution in [2.24, 2.45) is 0 Å². The quantitative estimate of drug-likeness (QED) is 0.619. The van der Waals surface area contributed by atoms with Crippen LogP contribution in [0.4, 0.5) is 24.5 Å². The number of likely N-dealkylation sites (N-methyl/N-ethyl adjacent to an activating group) is 1. The maximum Gasteiger partial charge on any atom is 0.256 e. The van der Waals surface area contributed by atoms with Gasteiger partial charge in [0.05, 0.1) is 29.5 Å². The molecule has 2 heterocycles. The number of amides is 2. The zero-order valence-electron chi connectivity index (χ0n) is 21.2. The lowest BCUT2D eigenvalue weighted by molar-refractivity contribution is -0.124. The Hall–Kier alpha value is -3.11. The summed E-state index contributed by atoms with van der Waals surface area (Å²) in [6, 6.07) is 6.11. The van der Waals surface area contributed by atoms with Crippen molar-refractivity contribution in [1.29, 1.82) is 0 Å². The van der Waals surface area contributed by atoms with E-state index < -0.39 is 29.0 Å². The number of carbonyl (C=O) groups is 2. The third-order valence-electron chi connectivity index (χ3n) is 6.21. The number of piperazine rings is 1. The Balaban J connectivity index is 0.00000176. The van der Waals surface area contributed by atoms with E-state index >= 15 is 0 Å². The molecule has 36 heavy (non-hydrogen) atoms. The van der Waals surface area contributed by atoms with Crippen LogP contribution in [0.1, 0.15) is 32.6 Å². The van der Waals surface area contributed by atoms with Crippen molar-refractivity contribution in [1.82, 2.24) is 20.0 Å². The molecule has 0 atom stereocenters. The third-order valence-corrected chi connectivity index (χ3v) is 6.21. The summed E-state index contributed by atoms with van der Waals surface area (Å²) >= 11 is 0. The molecule has 10 heteroatoms. The molecule has 2 fully saturated rings. The molecule has 0 spiro atoms. The lowest BCUT2D eigenvalue weighted by Crippen LogP contribution is -2.62. The maximum absolute atomic E-state index is 14.6. The first-order valence-corrected chi connectivity index (χ1v) is 12.2. The Morgan fingerprint density at radius 3 is 2.31 bits per heavy atom. The molecule has 0 bridgehead atoms. The van der Waals surface area contributed by atoms with Gasteiger partial charge in [-0.2, -0.15) is 0 Å². The first kappa shape index (κ1) is 27.5. The van der Waals surface area contributed by atoms with Crippen LogP contribution >= 0.6 is 0 Å². The molecule has 0 unspecified atom stereocenters. The number of nitrogens with one attached hydrogen (secondary N) is 2. The van der Waals surface area contributed by atoms with Gasteiger partial charge in [0.25, 0.3) is 5.91 Å². The van der Waals surface area contributed by atoms with Crippen molar-refractivity contribution < 1.29 is 25.6 Å². The van der Waals surface area contributed by atoms with Gasteiger partial charge in [-0.25, -0.2) is 13.2 Å². The molecule has 0 aliphatic carbocycles. The van der Waals surface area contributed by atoms with Crippen LogP contribution in [0.3, 0.4) is 0 Å². The minimum Gasteiger partial charge on any atom is -0.350 e. The number of nitrogens with zero attached hydrogens (tertiary/aromatic N) is 3. The van der Waals surface area contributed by atoms with Crippen molar-refractivity contribution in [2.75, 3.05) is 58.2 Å². The van der Waals surface area contributed by atoms with Crippen molar-refractivity contribution in [2.45, 2.75) is 26.8 Å². The lowest BCUT2D eigenvalue weighted by atomic mass is 10.0. The number of likely N-dealkylation sites (tertiary alicyclic amines) is 1. The largest absolute Gasteiger partial charge is 0.350 e. The van der Waals surface area contributed by atoms with Crippen molar-refractivity contribution in [3.8, 4) is 0 Å². The van der Waals surface area contributed by atoms with E-state index in [1.165, 1.54) is 23.1 Å². The number of hydrogen-bond donors (Lipinski definition) is 2. The summed E-state index contributed by atoms with van der Waals surface area (Å²) in [5.41, 5.74) is 0.0681. The van der Waals surface area contributed by atoms with Crippen molar-refractivity contribution in [3.63, 3.8) is 0 Å². The molecule has 2 aromatic carbocycles. The standard InChI is InChI=1S/C24H28F3N5O2.C2H6.2H2/c1-15-3-6-20(19(26)11-15)29-23-17(4-5-18(25)22(23)27)24(34)32-12-16(13-32)28-21(33)14-31-9-7-30(2)8-10-31;1-2;;/h3-6,11,16,29H,7-10,12-14H2,1-2H3,(H,28,33);1-2H3;2*1H. The maximum atomic E-state index is 14.6. The molecule has 4 rings (SSSR count). The highest BCUT2D eigenvalue weighted by molar-refractivity contribution is 6.01. The second-order valence-electron chi connectivity index (χ2n) is 8.95. The number of carbonyl (C=O) groups excluding carboxylic acids is 2. The number of benzene rings is 2. The topological polar surface area (TPSA) is 67.9 Å². The van der Waals surface area contributed by atoms with Gasteiger partial charge in [0.1, 0.15) is 5.82 Å². The van der Waals surface area contributed by atoms with E-state index in [0.29, 0.717) is 12.1 Å². The second-order valence-corrected chi connectivity index (χ2v) is 8.95. The summed E-state index contributed by atoms with van der Waals surface area (Å²) in [6.45, 7) is 9.99. The van der Waals surface area contributed by atoms with Crippen LogP contribution in [-0.2, 0) is 4.79 Å².